The summed E-state index contributed by atoms with van der Waals surface area (Å²) in [6, 6.07) is 15.2. The van der Waals surface area contributed by atoms with Crippen molar-refractivity contribution >= 4 is 29.1 Å². The Bertz CT molecular complexity index is 963. The molecule has 2 saturated heterocycles. The van der Waals surface area contributed by atoms with E-state index in [4.69, 9.17) is 0 Å². The largest absolute Gasteiger partial charge is 0.368 e. The Balaban J connectivity index is 1.29. The Morgan fingerprint density at radius 2 is 1.52 bits per heavy atom. The number of carbonyl (C=O) groups is 3. The normalized spacial score (nSPS) is 19.0. The van der Waals surface area contributed by atoms with Crippen molar-refractivity contribution < 1.29 is 14.4 Å². The number of Topliss-reactive ketones (excluding diaryl/α,β-unsaturated/α-hetero) is 1. The number of carbonyl (C=O) groups excluding carboxylic acids is 3. The second-order valence-electron chi connectivity index (χ2n) is 8.27. The highest BCUT2D eigenvalue weighted by Crippen LogP contribution is 2.22. The number of ketones is 1. The number of aryl methyl sites for hydroxylation is 1. The number of nitrogens with one attached hydrogen (secondary N) is 1. The summed E-state index contributed by atoms with van der Waals surface area (Å²) in [5.41, 5.74) is 3.78. The van der Waals surface area contributed by atoms with Crippen LogP contribution in [0.3, 0.4) is 0 Å². The summed E-state index contributed by atoms with van der Waals surface area (Å²) in [4.78, 5) is 42.4. The average molecular weight is 421 g/mol. The van der Waals surface area contributed by atoms with Gasteiger partial charge >= 0.3 is 6.03 Å². The molecule has 1 N–H and O–H groups in total. The minimum Gasteiger partial charge on any atom is -0.368 e. The van der Waals surface area contributed by atoms with Crippen LogP contribution in [0, 0.1) is 6.92 Å². The fourth-order valence-electron chi connectivity index (χ4n) is 4.12. The van der Waals surface area contributed by atoms with Gasteiger partial charge in [0.05, 0.1) is 6.04 Å². The monoisotopic (exact) mass is 420 g/mol. The third kappa shape index (κ3) is 4.71. The molecule has 2 fully saturated rings. The fraction of sp³-hybridized carbons (Fsp3) is 0.375. The van der Waals surface area contributed by atoms with Crippen LogP contribution in [0.4, 0.5) is 16.2 Å². The molecule has 7 heteroatoms. The minimum atomic E-state index is -0.182. The molecule has 0 aromatic heterocycles. The zero-order chi connectivity index (χ0) is 22.0. The molecule has 31 heavy (non-hydrogen) atoms. The molecular weight excluding hydrogens is 392 g/mol. The maximum atomic E-state index is 12.7. The molecule has 0 aliphatic carbocycles. The van der Waals surface area contributed by atoms with Gasteiger partial charge in [-0.25, -0.2) is 4.79 Å². The van der Waals surface area contributed by atoms with Crippen LogP contribution in [0.2, 0.25) is 0 Å². The Labute approximate surface area is 182 Å². The molecular formula is C24H28N4O3. The molecule has 2 aliphatic rings. The zero-order valence-electron chi connectivity index (χ0n) is 18.0. The van der Waals surface area contributed by atoms with Crippen LogP contribution in [0.25, 0.3) is 0 Å². The Kier molecular flexibility index (Phi) is 5.93. The molecule has 2 aromatic carbocycles. The number of hydrogen-bond donors (Lipinski definition) is 1. The molecule has 0 bridgehead atoms. The standard InChI is InChI=1S/C24H28N4O3/c1-17-3-7-22(8-4-17)28-16-20(15-23(28)30)25-24(31)27-13-11-26(12-14-27)21-9-5-19(6-10-21)18(2)29/h3-10,20H,11-16H2,1-2H3,(H,25,31). The van der Waals surface area contributed by atoms with E-state index in [0.29, 0.717) is 31.6 Å². The van der Waals surface area contributed by atoms with Crippen molar-refractivity contribution in [1.82, 2.24) is 10.2 Å². The second-order valence-corrected chi connectivity index (χ2v) is 8.27. The summed E-state index contributed by atoms with van der Waals surface area (Å²) in [7, 11) is 0. The van der Waals surface area contributed by atoms with Gasteiger partial charge in [0.25, 0.3) is 0 Å². The Morgan fingerprint density at radius 1 is 0.903 bits per heavy atom. The predicted molar refractivity (Wildman–Crippen MR) is 121 cm³/mol. The summed E-state index contributed by atoms with van der Waals surface area (Å²) in [5, 5.41) is 3.03. The molecule has 0 spiro atoms. The van der Waals surface area contributed by atoms with Gasteiger partial charge in [0.1, 0.15) is 0 Å². The first-order valence-corrected chi connectivity index (χ1v) is 10.7. The summed E-state index contributed by atoms with van der Waals surface area (Å²) in [6.45, 7) is 6.75. The first-order valence-electron chi connectivity index (χ1n) is 10.7. The van der Waals surface area contributed by atoms with Gasteiger partial charge in [0.15, 0.2) is 5.78 Å². The van der Waals surface area contributed by atoms with Crippen LogP contribution in [0.5, 0.6) is 0 Å². The quantitative estimate of drug-likeness (QED) is 0.772. The fourth-order valence-corrected chi connectivity index (χ4v) is 4.12. The highest BCUT2D eigenvalue weighted by atomic mass is 16.2. The highest BCUT2D eigenvalue weighted by Gasteiger charge is 2.33. The molecule has 7 nitrogen and oxygen atoms in total. The summed E-state index contributed by atoms with van der Waals surface area (Å²) >= 11 is 0. The van der Waals surface area contributed by atoms with Gasteiger partial charge in [-0.3, -0.25) is 9.59 Å². The maximum absolute atomic E-state index is 12.7. The van der Waals surface area contributed by atoms with Crippen LogP contribution in [0.15, 0.2) is 48.5 Å². The van der Waals surface area contributed by atoms with E-state index in [9.17, 15) is 14.4 Å². The van der Waals surface area contributed by atoms with Crippen molar-refractivity contribution in [1.29, 1.82) is 0 Å². The summed E-state index contributed by atoms with van der Waals surface area (Å²) in [6.07, 6.45) is 0.322. The number of benzene rings is 2. The lowest BCUT2D eigenvalue weighted by Gasteiger charge is -2.36. The van der Waals surface area contributed by atoms with Crippen molar-refractivity contribution in [2.45, 2.75) is 26.3 Å². The first kappa shape index (κ1) is 20.9. The summed E-state index contributed by atoms with van der Waals surface area (Å²) < 4.78 is 0. The second kappa shape index (κ2) is 8.79. The van der Waals surface area contributed by atoms with Crippen LogP contribution in [-0.4, -0.2) is 61.4 Å². The maximum Gasteiger partial charge on any atom is 0.317 e. The number of rotatable bonds is 4. The SMILES string of the molecule is CC(=O)c1ccc(N2CCN(C(=O)NC3CC(=O)N(c4ccc(C)cc4)C3)CC2)cc1. The van der Waals surface area contributed by atoms with E-state index in [1.165, 1.54) is 0 Å². The Hall–Kier alpha value is -3.35. The molecule has 1 unspecified atom stereocenters. The minimum absolute atomic E-state index is 0.0352. The highest BCUT2D eigenvalue weighted by molar-refractivity contribution is 5.97. The van der Waals surface area contributed by atoms with E-state index in [2.05, 4.69) is 10.2 Å². The zero-order valence-corrected chi connectivity index (χ0v) is 18.0. The van der Waals surface area contributed by atoms with Crippen molar-refractivity contribution in [3.8, 4) is 0 Å². The molecule has 3 amide bonds. The van der Waals surface area contributed by atoms with Crippen molar-refractivity contribution in [3.05, 3.63) is 59.7 Å². The molecule has 0 radical (unpaired) electrons. The van der Waals surface area contributed by atoms with E-state index in [1.807, 2.05) is 55.5 Å². The number of nitrogens with zero attached hydrogens (tertiary/aromatic N) is 3. The van der Waals surface area contributed by atoms with Gasteiger partial charge in [0.2, 0.25) is 5.91 Å². The molecule has 0 saturated carbocycles. The molecule has 2 heterocycles. The lowest BCUT2D eigenvalue weighted by molar-refractivity contribution is -0.117. The van der Waals surface area contributed by atoms with Gasteiger partial charge in [0, 0.05) is 56.1 Å². The lowest BCUT2D eigenvalue weighted by Crippen LogP contribution is -2.53. The van der Waals surface area contributed by atoms with Crippen molar-refractivity contribution in [2.24, 2.45) is 0 Å². The van der Waals surface area contributed by atoms with Gasteiger partial charge in [-0.2, -0.15) is 0 Å². The molecule has 1 atom stereocenters. The van der Waals surface area contributed by atoms with Gasteiger partial charge < -0.3 is 20.0 Å². The van der Waals surface area contributed by atoms with E-state index >= 15 is 0 Å². The smallest absolute Gasteiger partial charge is 0.317 e. The molecule has 2 aromatic rings. The van der Waals surface area contributed by atoms with Crippen LogP contribution >= 0.6 is 0 Å². The van der Waals surface area contributed by atoms with Gasteiger partial charge in [-0.05, 0) is 50.2 Å². The average Bonchev–Trinajstić information content (AvgIpc) is 3.14. The third-order valence-electron chi connectivity index (χ3n) is 6.00. The van der Waals surface area contributed by atoms with Gasteiger partial charge in [-0.15, -0.1) is 0 Å². The van der Waals surface area contributed by atoms with Crippen molar-refractivity contribution in [2.75, 3.05) is 42.5 Å². The number of piperazine rings is 1. The van der Waals surface area contributed by atoms with Crippen LogP contribution in [0.1, 0.15) is 29.3 Å². The number of urea groups is 1. The van der Waals surface area contributed by atoms with E-state index in [1.54, 1.807) is 16.7 Å². The van der Waals surface area contributed by atoms with Gasteiger partial charge in [-0.1, -0.05) is 17.7 Å². The van der Waals surface area contributed by atoms with Crippen LogP contribution < -0.4 is 15.1 Å². The number of amides is 3. The first-order chi connectivity index (χ1) is 14.9. The molecule has 4 rings (SSSR count). The number of anilines is 2. The van der Waals surface area contributed by atoms with E-state index in [0.717, 1.165) is 30.0 Å². The number of hydrogen-bond acceptors (Lipinski definition) is 4. The molecule has 162 valence electrons. The van der Waals surface area contributed by atoms with Crippen molar-refractivity contribution in [3.63, 3.8) is 0 Å². The topological polar surface area (TPSA) is 73.0 Å². The summed E-state index contributed by atoms with van der Waals surface area (Å²) in [5.74, 6) is 0.0901. The van der Waals surface area contributed by atoms with E-state index < -0.39 is 0 Å². The van der Waals surface area contributed by atoms with Crippen LogP contribution in [-0.2, 0) is 4.79 Å². The third-order valence-corrected chi connectivity index (χ3v) is 6.00. The Morgan fingerprint density at radius 3 is 2.13 bits per heavy atom. The lowest BCUT2D eigenvalue weighted by atomic mass is 10.1. The molecule has 2 aliphatic heterocycles. The van der Waals surface area contributed by atoms with E-state index in [-0.39, 0.29) is 23.8 Å². The predicted octanol–water partition coefficient (Wildman–Crippen LogP) is 2.83.